The van der Waals surface area contributed by atoms with Crippen LogP contribution in [0.25, 0.3) is 0 Å². The number of rotatable bonds is 9. The monoisotopic (exact) mass is 648 g/mol. The normalized spacial score (nSPS) is 24.2. The highest BCUT2D eigenvalue weighted by molar-refractivity contribution is 7.89. The quantitative estimate of drug-likeness (QED) is 0.311. The van der Waals surface area contributed by atoms with E-state index in [4.69, 9.17) is 26.2 Å². The molecule has 0 spiro atoms. The summed E-state index contributed by atoms with van der Waals surface area (Å²) in [6, 6.07) is 8.03. The van der Waals surface area contributed by atoms with Gasteiger partial charge >= 0.3 is 5.97 Å². The van der Waals surface area contributed by atoms with Crippen LogP contribution in [0, 0.1) is 29.5 Å². The highest BCUT2D eigenvalue weighted by Gasteiger charge is 2.43. The van der Waals surface area contributed by atoms with Gasteiger partial charge in [-0.15, -0.1) is 0 Å². The molecule has 3 N–H and O–H groups in total. The predicted molar refractivity (Wildman–Crippen MR) is 169 cm³/mol. The summed E-state index contributed by atoms with van der Waals surface area (Å²) in [4.78, 5) is 14.0. The number of fused-ring (bicyclic) bond motifs is 2. The van der Waals surface area contributed by atoms with Gasteiger partial charge in [0.1, 0.15) is 11.6 Å². The Hall–Kier alpha value is -2.66. The highest BCUT2D eigenvalue weighted by atomic mass is 35.5. The van der Waals surface area contributed by atoms with Crippen LogP contribution in [0.1, 0.15) is 67.4 Å². The van der Waals surface area contributed by atoms with Crippen LogP contribution in [0.15, 0.2) is 42.0 Å². The van der Waals surface area contributed by atoms with E-state index in [1.165, 1.54) is 17.7 Å². The van der Waals surface area contributed by atoms with Gasteiger partial charge in [0.15, 0.2) is 0 Å². The maximum atomic E-state index is 15.5. The molecule has 0 bridgehead atoms. The van der Waals surface area contributed by atoms with Gasteiger partial charge in [-0.2, -0.15) is 0 Å². The molecule has 3 aliphatic rings. The number of allylic oxidation sites excluding steroid dienone is 1. The summed E-state index contributed by atoms with van der Waals surface area (Å²) < 4.78 is 51.5. The molecule has 2 aromatic carbocycles. The summed E-state index contributed by atoms with van der Waals surface area (Å²) in [7, 11) is -1.92. The number of aryl methyl sites for hydroxylation is 1. The number of anilines is 1. The zero-order valence-electron chi connectivity index (χ0n) is 25.5. The smallest absolute Gasteiger partial charge is 0.335 e. The number of carboxylic acids is 1. The number of primary sulfonamides is 1. The van der Waals surface area contributed by atoms with Crippen molar-refractivity contribution in [3.05, 3.63) is 69.5 Å². The fourth-order valence-corrected chi connectivity index (χ4v) is 7.96. The second-order valence-electron chi connectivity index (χ2n) is 12.6. The Labute approximate surface area is 264 Å². The Balaban J connectivity index is 1.44. The van der Waals surface area contributed by atoms with E-state index in [1.807, 2.05) is 13.0 Å². The number of hydrogen-bond acceptors (Lipinski definition) is 6. The van der Waals surface area contributed by atoms with E-state index in [1.54, 1.807) is 26.2 Å². The topological polar surface area (TPSA) is 119 Å². The predicted octanol–water partition coefficient (Wildman–Crippen LogP) is 6.20. The Morgan fingerprint density at radius 3 is 2.61 bits per heavy atom. The molecule has 1 saturated carbocycles. The van der Waals surface area contributed by atoms with E-state index in [9.17, 15) is 18.3 Å². The average molecular weight is 649 g/mol. The number of sulfonamides is 1. The van der Waals surface area contributed by atoms with Gasteiger partial charge < -0.3 is 19.5 Å². The Morgan fingerprint density at radius 1 is 1.23 bits per heavy atom. The fourth-order valence-electron chi connectivity index (χ4n) is 6.93. The summed E-state index contributed by atoms with van der Waals surface area (Å²) in [6.45, 7) is 4.84. The molecule has 1 heterocycles. The fraction of sp³-hybridized carbons (Fsp3) is 0.545. The van der Waals surface area contributed by atoms with Gasteiger partial charge in [0, 0.05) is 30.8 Å². The van der Waals surface area contributed by atoms with Crippen molar-refractivity contribution in [2.45, 2.75) is 70.3 Å². The van der Waals surface area contributed by atoms with Gasteiger partial charge in [-0.3, -0.25) is 0 Å². The van der Waals surface area contributed by atoms with Crippen LogP contribution in [0.2, 0.25) is 5.02 Å². The SMILES string of the molecule is CO[C@@H](C1=CC([C@H](C)[C@@H](C)S(N)(=O)=O)C1)[C@@H]1CC[C@H]1CN1Cc2c(F)cc(Cl)cc2CCCCOc2ccc(C(=O)O)cc21. The van der Waals surface area contributed by atoms with Crippen molar-refractivity contribution in [2.75, 3.05) is 25.2 Å². The lowest BCUT2D eigenvalue weighted by atomic mass is 9.64. The number of nitrogens with zero attached hydrogens (tertiary/aromatic N) is 1. The van der Waals surface area contributed by atoms with Crippen molar-refractivity contribution in [3.63, 3.8) is 0 Å². The molecule has 2 aromatic rings. The lowest BCUT2D eigenvalue weighted by molar-refractivity contribution is -0.000338. The number of aromatic carboxylic acids is 1. The second-order valence-corrected chi connectivity index (χ2v) is 15.0. The lowest BCUT2D eigenvalue weighted by Gasteiger charge is -2.47. The number of hydrogen-bond donors (Lipinski definition) is 2. The number of nitrogens with two attached hydrogens (primary N) is 1. The molecule has 0 saturated heterocycles. The Kier molecular flexibility index (Phi) is 9.94. The molecule has 1 fully saturated rings. The second kappa shape index (κ2) is 13.4. The summed E-state index contributed by atoms with van der Waals surface area (Å²) in [5, 5.41) is 14.9. The molecular weight excluding hydrogens is 607 g/mol. The van der Waals surface area contributed by atoms with Crippen LogP contribution >= 0.6 is 11.6 Å². The molecule has 2 aliphatic carbocycles. The summed E-state index contributed by atoms with van der Waals surface area (Å²) >= 11 is 6.26. The number of halogens is 2. The highest BCUT2D eigenvalue weighted by Crippen LogP contribution is 2.47. The van der Waals surface area contributed by atoms with Crippen molar-refractivity contribution < 1.29 is 32.2 Å². The third-order valence-corrected chi connectivity index (χ3v) is 11.7. The molecule has 240 valence electrons. The molecule has 1 unspecified atom stereocenters. The molecular formula is C33H42ClFN2O6S. The van der Waals surface area contributed by atoms with Crippen molar-refractivity contribution in [1.82, 2.24) is 0 Å². The summed E-state index contributed by atoms with van der Waals surface area (Å²) in [5.41, 5.74) is 3.34. The minimum absolute atomic E-state index is 0.107. The van der Waals surface area contributed by atoms with Crippen molar-refractivity contribution in [3.8, 4) is 5.75 Å². The first-order chi connectivity index (χ1) is 20.9. The molecule has 8 nitrogen and oxygen atoms in total. The lowest BCUT2D eigenvalue weighted by Crippen LogP contribution is -2.46. The minimum atomic E-state index is -3.62. The first kappa shape index (κ1) is 32.7. The van der Waals surface area contributed by atoms with Gasteiger partial charge in [-0.05, 0) is 111 Å². The number of carbonyl (C=O) groups is 1. The van der Waals surface area contributed by atoms with Crippen LogP contribution < -0.4 is 14.8 Å². The molecule has 0 amide bonds. The van der Waals surface area contributed by atoms with Crippen LogP contribution in [0.4, 0.5) is 10.1 Å². The largest absolute Gasteiger partial charge is 0.491 e. The maximum Gasteiger partial charge on any atom is 0.335 e. The molecule has 11 heteroatoms. The van der Waals surface area contributed by atoms with Crippen LogP contribution in [-0.4, -0.2) is 51.1 Å². The third kappa shape index (κ3) is 6.93. The van der Waals surface area contributed by atoms with Crippen molar-refractivity contribution >= 4 is 33.3 Å². The first-order valence-corrected chi connectivity index (χ1v) is 17.3. The Bertz CT molecular complexity index is 1530. The summed E-state index contributed by atoms with van der Waals surface area (Å²) in [6.07, 6.45) is 6.91. The standard InChI is InChI=1S/C33H42ClFN2O6S/c1-19(20(2)44(36,40)41)24-12-25(13-24)32(42-3)27-9-7-23(27)17-37-18-28-21(14-26(34)16-29(28)35)6-4-5-11-43-31-10-8-22(33(38)39)15-30(31)37/h8,10,12,14-16,19-20,23-24,27,32H,4-7,9,11,13,17-18H2,1-3H3,(H,38,39)(H2,36,40,41)/t19-,20-,23+,24?,27-,32+/m1/s1. The molecule has 0 radical (unpaired) electrons. The third-order valence-electron chi connectivity index (χ3n) is 10.0. The van der Waals surface area contributed by atoms with E-state index in [0.29, 0.717) is 41.6 Å². The van der Waals surface area contributed by atoms with Gasteiger partial charge in [-0.25, -0.2) is 22.7 Å². The molecule has 1 aliphatic heterocycles. The molecule has 0 aromatic heterocycles. The zero-order chi connectivity index (χ0) is 31.8. The zero-order valence-corrected chi connectivity index (χ0v) is 27.0. The number of methoxy groups -OCH3 is 1. The molecule has 5 rings (SSSR count). The van der Waals surface area contributed by atoms with E-state index < -0.39 is 21.2 Å². The van der Waals surface area contributed by atoms with Gasteiger partial charge in [0.2, 0.25) is 10.0 Å². The minimum Gasteiger partial charge on any atom is -0.491 e. The van der Waals surface area contributed by atoms with Crippen molar-refractivity contribution in [1.29, 1.82) is 0 Å². The molecule has 6 atom stereocenters. The van der Waals surface area contributed by atoms with Crippen molar-refractivity contribution in [2.24, 2.45) is 28.8 Å². The van der Waals surface area contributed by atoms with E-state index in [2.05, 4.69) is 11.0 Å². The number of ether oxygens (including phenoxy) is 2. The average Bonchev–Trinajstić information content (AvgIpc) is 2.95. The van der Waals surface area contributed by atoms with Gasteiger partial charge in [-0.1, -0.05) is 24.6 Å². The van der Waals surface area contributed by atoms with Crippen LogP contribution in [0.5, 0.6) is 5.75 Å². The van der Waals surface area contributed by atoms with E-state index in [-0.39, 0.29) is 47.7 Å². The van der Waals surface area contributed by atoms with Gasteiger partial charge in [0.05, 0.1) is 29.2 Å². The van der Waals surface area contributed by atoms with E-state index in [0.717, 1.165) is 37.7 Å². The van der Waals surface area contributed by atoms with Crippen LogP contribution in [-0.2, 0) is 27.7 Å². The summed E-state index contributed by atoms with van der Waals surface area (Å²) in [5.74, 6) is -0.422. The number of benzene rings is 2. The van der Waals surface area contributed by atoms with Crippen LogP contribution in [0.3, 0.4) is 0 Å². The Morgan fingerprint density at radius 2 is 1.98 bits per heavy atom. The maximum absolute atomic E-state index is 15.5. The van der Waals surface area contributed by atoms with Gasteiger partial charge in [0.25, 0.3) is 0 Å². The molecule has 44 heavy (non-hydrogen) atoms. The first-order valence-electron chi connectivity index (χ1n) is 15.3. The number of carboxylic acid groups (broad SMARTS) is 1. The van der Waals surface area contributed by atoms with E-state index >= 15 is 4.39 Å².